The predicted molar refractivity (Wildman–Crippen MR) is 76.0 cm³/mol. The summed E-state index contributed by atoms with van der Waals surface area (Å²) in [7, 11) is 0. The van der Waals surface area contributed by atoms with Crippen molar-refractivity contribution in [2.75, 3.05) is 32.7 Å². The molecule has 3 heterocycles. The van der Waals surface area contributed by atoms with Crippen LogP contribution < -0.4 is 5.32 Å². The molecular weight excluding hydrogens is 238 g/mol. The van der Waals surface area contributed by atoms with Crippen molar-refractivity contribution in [1.82, 2.24) is 15.1 Å². The van der Waals surface area contributed by atoms with Gasteiger partial charge >= 0.3 is 0 Å². The second-order valence-electron chi connectivity index (χ2n) is 6.46. The largest absolute Gasteiger partial charge is 0.341 e. The number of hydrogen-bond acceptors (Lipinski definition) is 3. The van der Waals surface area contributed by atoms with Crippen LogP contribution in [-0.2, 0) is 4.79 Å². The molecule has 3 fully saturated rings. The number of carbonyl (C=O) groups excluding carboxylic acids is 1. The summed E-state index contributed by atoms with van der Waals surface area (Å²) in [5.74, 6) is 0.622. The smallest absolute Gasteiger partial charge is 0.227 e. The SMILES string of the molecule is CC1NCCC1C(=O)N1CCC(N2CCCCC2)C1. The third kappa shape index (κ3) is 2.79. The highest BCUT2D eigenvalue weighted by atomic mass is 16.2. The number of hydrogen-bond donors (Lipinski definition) is 1. The number of likely N-dealkylation sites (tertiary alicyclic amines) is 2. The Morgan fingerprint density at radius 1 is 1.11 bits per heavy atom. The van der Waals surface area contributed by atoms with Gasteiger partial charge in [0.05, 0.1) is 5.92 Å². The molecule has 19 heavy (non-hydrogen) atoms. The van der Waals surface area contributed by atoms with Crippen molar-refractivity contribution in [2.24, 2.45) is 5.92 Å². The first-order valence-electron chi connectivity index (χ1n) is 8.02. The summed E-state index contributed by atoms with van der Waals surface area (Å²) in [6.45, 7) is 7.59. The Kier molecular flexibility index (Phi) is 4.08. The lowest BCUT2D eigenvalue weighted by Crippen LogP contribution is -2.43. The molecule has 0 saturated carbocycles. The van der Waals surface area contributed by atoms with E-state index in [0.717, 1.165) is 26.1 Å². The molecule has 1 N–H and O–H groups in total. The lowest BCUT2D eigenvalue weighted by Gasteiger charge is -2.32. The van der Waals surface area contributed by atoms with Gasteiger partial charge in [0.2, 0.25) is 5.91 Å². The average Bonchev–Trinajstić information content (AvgIpc) is 3.08. The van der Waals surface area contributed by atoms with Crippen LogP contribution in [0.3, 0.4) is 0 Å². The van der Waals surface area contributed by atoms with Crippen molar-refractivity contribution in [1.29, 1.82) is 0 Å². The molecule has 3 aliphatic heterocycles. The van der Waals surface area contributed by atoms with E-state index in [4.69, 9.17) is 0 Å². The second-order valence-corrected chi connectivity index (χ2v) is 6.46. The molecule has 0 aromatic rings. The predicted octanol–water partition coefficient (Wildman–Crippen LogP) is 1.07. The van der Waals surface area contributed by atoms with Gasteiger partial charge in [-0.25, -0.2) is 0 Å². The van der Waals surface area contributed by atoms with Gasteiger partial charge in [0.15, 0.2) is 0 Å². The highest BCUT2D eigenvalue weighted by Gasteiger charge is 2.37. The normalized spacial score (nSPS) is 36.9. The van der Waals surface area contributed by atoms with Crippen LogP contribution in [0.5, 0.6) is 0 Å². The fourth-order valence-electron chi connectivity index (χ4n) is 3.95. The van der Waals surface area contributed by atoms with Crippen molar-refractivity contribution in [3.05, 3.63) is 0 Å². The van der Waals surface area contributed by atoms with E-state index in [1.165, 1.54) is 38.8 Å². The van der Waals surface area contributed by atoms with E-state index < -0.39 is 0 Å². The van der Waals surface area contributed by atoms with Crippen molar-refractivity contribution < 1.29 is 4.79 Å². The maximum atomic E-state index is 12.6. The van der Waals surface area contributed by atoms with Crippen molar-refractivity contribution in [3.8, 4) is 0 Å². The highest BCUT2D eigenvalue weighted by Crippen LogP contribution is 2.24. The van der Waals surface area contributed by atoms with E-state index in [1.807, 2.05) is 0 Å². The zero-order valence-corrected chi connectivity index (χ0v) is 12.1. The van der Waals surface area contributed by atoms with Crippen LogP contribution in [-0.4, -0.2) is 60.5 Å². The van der Waals surface area contributed by atoms with Crippen LogP contribution in [0.25, 0.3) is 0 Å². The fourth-order valence-corrected chi connectivity index (χ4v) is 3.95. The first kappa shape index (κ1) is 13.4. The molecule has 108 valence electrons. The average molecular weight is 265 g/mol. The topological polar surface area (TPSA) is 35.6 Å². The van der Waals surface area contributed by atoms with E-state index >= 15 is 0 Å². The van der Waals surface area contributed by atoms with Gasteiger partial charge in [-0.15, -0.1) is 0 Å². The summed E-state index contributed by atoms with van der Waals surface area (Å²) in [5.41, 5.74) is 0. The first-order valence-corrected chi connectivity index (χ1v) is 8.02. The number of nitrogens with zero attached hydrogens (tertiary/aromatic N) is 2. The van der Waals surface area contributed by atoms with Gasteiger partial charge in [-0.2, -0.15) is 0 Å². The van der Waals surface area contributed by atoms with E-state index in [1.54, 1.807) is 0 Å². The molecule has 0 spiro atoms. The van der Waals surface area contributed by atoms with Crippen LogP contribution in [0.1, 0.15) is 39.0 Å². The molecule has 4 nitrogen and oxygen atoms in total. The Morgan fingerprint density at radius 2 is 1.89 bits per heavy atom. The van der Waals surface area contributed by atoms with Crippen LogP contribution in [0, 0.1) is 5.92 Å². The van der Waals surface area contributed by atoms with Gasteiger partial charge < -0.3 is 10.2 Å². The minimum absolute atomic E-state index is 0.222. The third-order valence-corrected chi connectivity index (χ3v) is 5.22. The Morgan fingerprint density at radius 3 is 2.58 bits per heavy atom. The van der Waals surface area contributed by atoms with Gasteiger partial charge in [-0.3, -0.25) is 9.69 Å². The van der Waals surface area contributed by atoms with Crippen LogP contribution in [0.15, 0.2) is 0 Å². The molecule has 3 saturated heterocycles. The fraction of sp³-hybridized carbons (Fsp3) is 0.933. The Labute approximate surface area is 116 Å². The summed E-state index contributed by atoms with van der Waals surface area (Å²) in [4.78, 5) is 17.3. The number of nitrogens with one attached hydrogen (secondary N) is 1. The van der Waals surface area contributed by atoms with Crippen LogP contribution >= 0.6 is 0 Å². The Hall–Kier alpha value is -0.610. The second kappa shape index (κ2) is 5.80. The van der Waals surface area contributed by atoms with E-state index in [2.05, 4.69) is 22.0 Å². The van der Waals surface area contributed by atoms with E-state index in [0.29, 0.717) is 18.0 Å². The number of carbonyl (C=O) groups is 1. The lowest BCUT2D eigenvalue weighted by atomic mass is 10.0. The summed E-state index contributed by atoms with van der Waals surface area (Å²) in [5, 5.41) is 3.39. The molecule has 1 amide bonds. The Bertz CT molecular complexity index is 327. The van der Waals surface area contributed by atoms with Crippen molar-refractivity contribution in [2.45, 2.75) is 51.1 Å². The molecule has 3 unspecified atom stereocenters. The molecule has 0 aromatic heterocycles. The lowest BCUT2D eigenvalue weighted by molar-refractivity contribution is -0.134. The molecule has 0 aliphatic carbocycles. The minimum Gasteiger partial charge on any atom is -0.341 e. The number of piperidine rings is 1. The third-order valence-electron chi connectivity index (χ3n) is 5.22. The zero-order valence-electron chi connectivity index (χ0n) is 12.1. The molecule has 4 heteroatoms. The molecule has 0 aromatic carbocycles. The minimum atomic E-state index is 0.222. The summed E-state index contributed by atoms with van der Waals surface area (Å²) >= 11 is 0. The maximum Gasteiger partial charge on any atom is 0.227 e. The molecule has 3 rings (SSSR count). The van der Waals surface area contributed by atoms with Gasteiger partial charge in [0.1, 0.15) is 0 Å². The monoisotopic (exact) mass is 265 g/mol. The van der Waals surface area contributed by atoms with Gasteiger partial charge in [-0.1, -0.05) is 6.42 Å². The van der Waals surface area contributed by atoms with Crippen LogP contribution in [0.2, 0.25) is 0 Å². The van der Waals surface area contributed by atoms with Crippen LogP contribution in [0.4, 0.5) is 0 Å². The first-order chi connectivity index (χ1) is 9.25. The quantitative estimate of drug-likeness (QED) is 0.811. The van der Waals surface area contributed by atoms with Crippen molar-refractivity contribution in [3.63, 3.8) is 0 Å². The summed E-state index contributed by atoms with van der Waals surface area (Å²) < 4.78 is 0. The van der Waals surface area contributed by atoms with Gasteiger partial charge in [0.25, 0.3) is 0 Å². The molecule has 0 bridgehead atoms. The van der Waals surface area contributed by atoms with Gasteiger partial charge in [-0.05, 0) is 52.2 Å². The Balaban J connectivity index is 1.54. The molecule has 0 radical (unpaired) electrons. The van der Waals surface area contributed by atoms with E-state index in [-0.39, 0.29) is 5.92 Å². The highest BCUT2D eigenvalue weighted by molar-refractivity contribution is 5.80. The molecular formula is C15H27N3O. The van der Waals surface area contributed by atoms with Gasteiger partial charge in [0, 0.05) is 25.2 Å². The number of rotatable bonds is 2. The number of amides is 1. The summed E-state index contributed by atoms with van der Waals surface area (Å²) in [6, 6.07) is 0.996. The molecule has 3 aliphatic rings. The zero-order chi connectivity index (χ0) is 13.2. The van der Waals surface area contributed by atoms with E-state index in [9.17, 15) is 4.79 Å². The van der Waals surface area contributed by atoms with Crippen molar-refractivity contribution >= 4 is 5.91 Å². The maximum absolute atomic E-state index is 12.6. The summed E-state index contributed by atoms with van der Waals surface area (Å²) in [6.07, 6.45) is 6.27. The molecule has 3 atom stereocenters. The standard InChI is InChI=1S/C15H27N3O/c1-12-14(5-7-16-12)15(19)18-10-6-13(11-18)17-8-3-2-4-9-17/h12-14,16H,2-11H2,1H3.